The average molecular weight is 230 g/mol. The minimum Gasteiger partial charge on any atom is -0.330 e. The third kappa shape index (κ3) is 3.78. The van der Waals surface area contributed by atoms with Gasteiger partial charge in [-0.05, 0) is 37.6 Å². The zero-order valence-corrected chi connectivity index (χ0v) is 10.1. The Bertz CT molecular complexity index is 191. The predicted molar refractivity (Wildman–Crippen MR) is 66.3 cm³/mol. The molecule has 0 saturated heterocycles. The van der Waals surface area contributed by atoms with E-state index in [2.05, 4.69) is 17.9 Å². The van der Waals surface area contributed by atoms with Crippen molar-refractivity contribution in [1.29, 1.82) is 0 Å². The number of nitrogens with two attached hydrogens (primary N) is 1. The highest BCUT2D eigenvalue weighted by molar-refractivity contribution is 7.80. The Labute approximate surface area is 97.6 Å². The van der Waals surface area contributed by atoms with Crippen LogP contribution in [0, 0.1) is 5.41 Å². The molecule has 0 amide bonds. The first-order valence-electron chi connectivity index (χ1n) is 5.74. The largest absolute Gasteiger partial charge is 0.330 e. The molecule has 0 heterocycles. The molecule has 0 aromatic rings. The second kappa shape index (κ2) is 6.51. The van der Waals surface area contributed by atoms with Crippen LogP contribution in [-0.4, -0.2) is 31.2 Å². The lowest BCUT2D eigenvalue weighted by molar-refractivity contribution is -0.110. The molecule has 0 bridgehead atoms. The van der Waals surface area contributed by atoms with E-state index >= 15 is 0 Å². The Balaban J connectivity index is 2.35. The van der Waals surface area contributed by atoms with Crippen LogP contribution in [0.25, 0.3) is 0 Å². The van der Waals surface area contributed by atoms with Gasteiger partial charge in [-0.15, -0.1) is 0 Å². The van der Waals surface area contributed by atoms with Crippen molar-refractivity contribution < 1.29 is 4.79 Å². The minimum absolute atomic E-state index is 0.0981. The maximum Gasteiger partial charge on any atom is 0.120 e. The second-order valence-corrected chi connectivity index (χ2v) is 4.97. The number of aldehydes is 1. The molecule has 1 aliphatic carbocycles. The fourth-order valence-electron chi connectivity index (χ4n) is 2.37. The topological polar surface area (TPSA) is 55.1 Å². The van der Waals surface area contributed by atoms with Crippen molar-refractivity contribution in [3.63, 3.8) is 0 Å². The normalized spacial score (nSPS) is 31.5. The Kier molecular flexibility index (Phi) is 5.64. The van der Waals surface area contributed by atoms with Gasteiger partial charge in [0.05, 0.1) is 0 Å². The average Bonchev–Trinajstić information content (AvgIpc) is 2.29. The molecule has 1 fully saturated rings. The van der Waals surface area contributed by atoms with E-state index in [1.165, 1.54) is 0 Å². The van der Waals surface area contributed by atoms with Gasteiger partial charge < -0.3 is 15.8 Å². The minimum atomic E-state index is 0.0981. The molecule has 3 nitrogen and oxygen atoms in total. The van der Waals surface area contributed by atoms with Crippen molar-refractivity contribution >= 4 is 18.9 Å². The molecule has 4 heteroatoms. The second-order valence-electron chi connectivity index (χ2n) is 4.53. The lowest BCUT2D eigenvalue weighted by Crippen LogP contribution is -2.41. The predicted octanol–water partition coefficient (Wildman–Crippen LogP) is 0.982. The molecule has 0 unspecified atom stereocenters. The number of nitrogens with one attached hydrogen (secondary N) is 1. The molecule has 88 valence electrons. The third-order valence-electron chi connectivity index (χ3n) is 3.54. The van der Waals surface area contributed by atoms with E-state index in [4.69, 9.17) is 5.73 Å². The van der Waals surface area contributed by atoms with Crippen LogP contribution in [0.3, 0.4) is 0 Å². The summed E-state index contributed by atoms with van der Waals surface area (Å²) in [6.45, 7) is 1.61. The van der Waals surface area contributed by atoms with Crippen LogP contribution in [0.1, 0.15) is 32.1 Å². The summed E-state index contributed by atoms with van der Waals surface area (Å²) in [6, 6.07) is 0.600. The molecule has 1 aliphatic rings. The Hall–Kier alpha value is -0.0600. The zero-order valence-electron chi connectivity index (χ0n) is 9.24. The number of carbonyl (C=O) groups excluding carboxylic acids is 1. The summed E-state index contributed by atoms with van der Waals surface area (Å²) in [7, 11) is 0. The van der Waals surface area contributed by atoms with Crippen molar-refractivity contribution in [2.45, 2.75) is 38.1 Å². The van der Waals surface area contributed by atoms with Crippen molar-refractivity contribution in [2.24, 2.45) is 11.1 Å². The van der Waals surface area contributed by atoms with Crippen LogP contribution >= 0.6 is 12.6 Å². The van der Waals surface area contributed by atoms with E-state index in [1.807, 2.05) is 0 Å². The van der Waals surface area contributed by atoms with E-state index in [9.17, 15) is 4.79 Å². The fraction of sp³-hybridized carbons (Fsp3) is 0.909. The first kappa shape index (κ1) is 13.0. The summed E-state index contributed by atoms with van der Waals surface area (Å²) in [4.78, 5) is 10.6. The fourth-order valence-corrected chi connectivity index (χ4v) is 2.50. The Morgan fingerprint density at radius 2 is 2.13 bits per heavy atom. The highest BCUT2D eigenvalue weighted by Crippen LogP contribution is 2.37. The van der Waals surface area contributed by atoms with Gasteiger partial charge in [-0.1, -0.05) is 0 Å². The number of rotatable bonds is 6. The lowest BCUT2D eigenvalue weighted by Gasteiger charge is -2.38. The number of hydrogen-bond acceptors (Lipinski definition) is 4. The molecule has 0 atom stereocenters. The van der Waals surface area contributed by atoms with Crippen LogP contribution in [0.4, 0.5) is 0 Å². The van der Waals surface area contributed by atoms with Crippen molar-refractivity contribution in [3.8, 4) is 0 Å². The maximum atomic E-state index is 10.6. The standard InChI is InChI=1S/C11H22N2OS/c12-9-11(5-7-14)3-1-10(2-4-11)13-6-8-15/h7,10,13,15H,1-6,8-9,12H2. The number of thiol groups is 1. The summed E-state index contributed by atoms with van der Waals surface area (Å²) in [6.07, 6.45) is 6.08. The summed E-state index contributed by atoms with van der Waals surface area (Å²) >= 11 is 4.18. The molecule has 0 aliphatic heterocycles. The van der Waals surface area contributed by atoms with Gasteiger partial charge in [0.15, 0.2) is 0 Å². The van der Waals surface area contributed by atoms with Crippen LogP contribution in [0.15, 0.2) is 0 Å². The lowest BCUT2D eigenvalue weighted by atomic mass is 9.71. The summed E-state index contributed by atoms with van der Waals surface area (Å²) in [5, 5.41) is 3.47. The van der Waals surface area contributed by atoms with Crippen molar-refractivity contribution in [2.75, 3.05) is 18.8 Å². The molecule has 1 rings (SSSR count). The summed E-state index contributed by atoms with van der Waals surface area (Å²) in [5.74, 6) is 0.882. The van der Waals surface area contributed by atoms with Gasteiger partial charge >= 0.3 is 0 Å². The van der Waals surface area contributed by atoms with Gasteiger partial charge in [-0.2, -0.15) is 12.6 Å². The Morgan fingerprint density at radius 3 is 2.60 bits per heavy atom. The summed E-state index contributed by atoms with van der Waals surface area (Å²) < 4.78 is 0. The van der Waals surface area contributed by atoms with Gasteiger partial charge in [0.25, 0.3) is 0 Å². The molecule has 0 radical (unpaired) electrons. The van der Waals surface area contributed by atoms with Gasteiger partial charge in [0.1, 0.15) is 6.29 Å². The molecule has 0 aromatic carbocycles. The van der Waals surface area contributed by atoms with Gasteiger partial charge in [-0.3, -0.25) is 0 Å². The van der Waals surface area contributed by atoms with Crippen LogP contribution in [0.2, 0.25) is 0 Å². The molecule has 0 aromatic heterocycles. The highest BCUT2D eigenvalue weighted by atomic mass is 32.1. The molecule has 0 spiro atoms. The van der Waals surface area contributed by atoms with Crippen LogP contribution < -0.4 is 11.1 Å². The van der Waals surface area contributed by atoms with Crippen LogP contribution in [0.5, 0.6) is 0 Å². The van der Waals surface area contributed by atoms with E-state index < -0.39 is 0 Å². The molecular formula is C11H22N2OS. The smallest absolute Gasteiger partial charge is 0.120 e. The maximum absolute atomic E-state index is 10.6. The quantitative estimate of drug-likeness (QED) is 0.471. The highest BCUT2D eigenvalue weighted by Gasteiger charge is 2.33. The molecule has 1 saturated carbocycles. The van der Waals surface area contributed by atoms with E-state index in [1.54, 1.807) is 0 Å². The van der Waals surface area contributed by atoms with Gasteiger partial charge in [0, 0.05) is 24.8 Å². The van der Waals surface area contributed by atoms with Crippen molar-refractivity contribution in [1.82, 2.24) is 5.32 Å². The van der Waals surface area contributed by atoms with Crippen LogP contribution in [-0.2, 0) is 4.79 Å². The SMILES string of the molecule is NCC1(CC=O)CCC(NCCS)CC1. The Morgan fingerprint density at radius 1 is 1.47 bits per heavy atom. The van der Waals surface area contributed by atoms with Crippen molar-refractivity contribution in [3.05, 3.63) is 0 Å². The third-order valence-corrected chi connectivity index (χ3v) is 3.76. The number of carbonyl (C=O) groups is 1. The first-order valence-corrected chi connectivity index (χ1v) is 6.37. The van der Waals surface area contributed by atoms with Gasteiger partial charge in [-0.25, -0.2) is 0 Å². The van der Waals surface area contributed by atoms with Gasteiger partial charge in [0.2, 0.25) is 0 Å². The summed E-state index contributed by atoms with van der Waals surface area (Å²) in [5.41, 5.74) is 5.88. The number of hydrogen-bond donors (Lipinski definition) is 3. The molecule has 3 N–H and O–H groups in total. The van der Waals surface area contributed by atoms with E-state index in [-0.39, 0.29) is 5.41 Å². The van der Waals surface area contributed by atoms with E-state index in [0.29, 0.717) is 19.0 Å². The molecule has 15 heavy (non-hydrogen) atoms. The zero-order chi connectivity index (χ0) is 11.1. The van der Waals surface area contributed by atoms with E-state index in [0.717, 1.165) is 44.3 Å². The monoisotopic (exact) mass is 230 g/mol. The molecular weight excluding hydrogens is 208 g/mol. The first-order chi connectivity index (χ1) is 7.26.